The largest absolute Gasteiger partial charge is 0.306 e. The van der Waals surface area contributed by atoms with E-state index >= 15 is 0 Å². The van der Waals surface area contributed by atoms with Gasteiger partial charge in [0.1, 0.15) is 0 Å². The van der Waals surface area contributed by atoms with Crippen molar-refractivity contribution in [1.82, 2.24) is 10.3 Å². The summed E-state index contributed by atoms with van der Waals surface area (Å²) >= 11 is 1.92. The van der Waals surface area contributed by atoms with Gasteiger partial charge in [-0.1, -0.05) is 37.3 Å². The summed E-state index contributed by atoms with van der Waals surface area (Å²) in [7, 11) is 0. The molecule has 1 aromatic carbocycles. The van der Waals surface area contributed by atoms with Crippen LogP contribution in [0.3, 0.4) is 0 Å². The lowest BCUT2D eigenvalue weighted by molar-refractivity contribution is 0.582. The predicted molar refractivity (Wildman–Crippen MR) is 88.1 cm³/mol. The minimum Gasteiger partial charge on any atom is -0.306 e. The summed E-state index contributed by atoms with van der Waals surface area (Å²) in [5.41, 5.74) is 2.57. The van der Waals surface area contributed by atoms with Gasteiger partial charge in [-0.25, -0.2) is 0 Å². The molecule has 3 heteroatoms. The van der Waals surface area contributed by atoms with Crippen LogP contribution in [-0.2, 0) is 0 Å². The number of nitrogens with one attached hydrogen (secondary N) is 1. The molecule has 1 aromatic heterocycles. The summed E-state index contributed by atoms with van der Waals surface area (Å²) in [6, 6.07) is 15.0. The van der Waals surface area contributed by atoms with Crippen LogP contribution in [0.2, 0.25) is 0 Å². The van der Waals surface area contributed by atoms with Crippen LogP contribution in [0, 0.1) is 0 Å². The highest BCUT2D eigenvalue weighted by molar-refractivity contribution is 7.99. The highest BCUT2D eigenvalue weighted by Gasteiger charge is 2.13. The predicted octanol–water partition coefficient (Wildman–Crippen LogP) is 3.90. The van der Waals surface area contributed by atoms with Crippen molar-refractivity contribution in [2.45, 2.75) is 24.6 Å². The van der Waals surface area contributed by atoms with Crippen LogP contribution in [0.5, 0.6) is 0 Å². The lowest BCUT2D eigenvalue weighted by Crippen LogP contribution is -2.25. The number of thioether (sulfide) groups is 1. The molecular weight excluding hydrogens is 264 g/mol. The van der Waals surface area contributed by atoms with Crippen molar-refractivity contribution in [3.05, 3.63) is 66.0 Å². The first-order chi connectivity index (χ1) is 9.81. The van der Waals surface area contributed by atoms with Gasteiger partial charge in [-0.3, -0.25) is 4.98 Å². The highest BCUT2D eigenvalue weighted by atomic mass is 32.2. The Morgan fingerprint density at radius 1 is 1.05 bits per heavy atom. The van der Waals surface area contributed by atoms with Gasteiger partial charge in [0.05, 0.1) is 6.04 Å². The van der Waals surface area contributed by atoms with Gasteiger partial charge < -0.3 is 5.32 Å². The molecule has 1 N–H and O–H groups in total. The van der Waals surface area contributed by atoms with Crippen LogP contribution in [0.25, 0.3) is 0 Å². The number of pyridine rings is 1. The topological polar surface area (TPSA) is 24.9 Å². The number of rotatable bonds is 7. The fourth-order valence-corrected chi connectivity index (χ4v) is 2.53. The zero-order valence-electron chi connectivity index (χ0n) is 12.1. The minimum absolute atomic E-state index is 0.244. The Balaban J connectivity index is 2.09. The molecule has 0 aliphatic heterocycles. The second-order valence-electron chi connectivity index (χ2n) is 4.91. The van der Waals surface area contributed by atoms with Crippen LogP contribution in [0.4, 0.5) is 0 Å². The quantitative estimate of drug-likeness (QED) is 0.835. The molecule has 0 saturated carbocycles. The molecule has 0 saturated heterocycles. The standard InChI is InChI=1S/C17H22N2S/c1-14(20-2)8-13-19-17(15-6-4-3-5-7-15)16-9-11-18-12-10-16/h3-7,9-12,14,17,19H,8,13H2,1-2H3. The van der Waals surface area contributed by atoms with Crippen LogP contribution in [0.15, 0.2) is 54.9 Å². The zero-order valence-corrected chi connectivity index (χ0v) is 12.9. The van der Waals surface area contributed by atoms with Gasteiger partial charge >= 0.3 is 0 Å². The van der Waals surface area contributed by atoms with E-state index in [4.69, 9.17) is 0 Å². The average Bonchev–Trinajstić information content (AvgIpc) is 2.53. The first-order valence-electron chi connectivity index (χ1n) is 7.02. The first kappa shape index (κ1) is 15.1. The van der Waals surface area contributed by atoms with Crippen LogP contribution >= 0.6 is 11.8 Å². The van der Waals surface area contributed by atoms with E-state index in [2.05, 4.69) is 65.9 Å². The molecule has 0 fully saturated rings. The Morgan fingerprint density at radius 3 is 2.35 bits per heavy atom. The van der Waals surface area contributed by atoms with Gasteiger partial charge in [-0.05, 0) is 42.5 Å². The van der Waals surface area contributed by atoms with E-state index in [1.807, 2.05) is 24.2 Å². The summed E-state index contributed by atoms with van der Waals surface area (Å²) in [5.74, 6) is 0. The van der Waals surface area contributed by atoms with Crippen LogP contribution in [-0.4, -0.2) is 23.0 Å². The van der Waals surface area contributed by atoms with Crippen molar-refractivity contribution in [2.75, 3.05) is 12.8 Å². The van der Waals surface area contributed by atoms with Gasteiger partial charge in [-0.15, -0.1) is 0 Å². The first-order valence-corrected chi connectivity index (χ1v) is 8.31. The van der Waals surface area contributed by atoms with E-state index in [1.165, 1.54) is 17.5 Å². The Kier molecular flexibility index (Phi) is 6.09. The molecule has 0 radical (unpaired) electrons. The molecule has 1 heterocycles. The number of benzene rings is 1. The lowest BCUT2D eigenvalue weighted by atomic mass is 9.99. The summed E-state index contributed by atoms with van der Waals surface area (Å²) in [6.45, 7) is 3.29. The Labute approximate surface area is 126 Å². The van der Waals surface area contributed by atoms with Crippen molar-refractivity contribution < 1.29 is 0 Å². The molecule has 0 amide bonds. The summed E-state index contributed by atoms with van der Waals surface area (Å²) < 4.78 is 0. The maximum absolute atomic E-state index is 4.11. The molecule has 106 valence electrons. The van der Waals surface area contributed by atoms with E-state index in [-0.39, 0.29) is 6.04 Å². The average molecular weight is 286 g/mol. The van der Waals surface area contributed by atoms with E-state index in [9.17, 15) is 0 Å². The van der Waals surface area contributed by atoms with Crippen molar-refractivity contribution in [2.24, 2.45) is 0 Å². The molecule has 2 rings (SSSR count). The fourth-order valence-electron chi connectivity index (χ4n) is 2.18. The smallest absolute Gasteiger partial charge is 0.0577 e. The van der Waals surface area contributed by atoms with Gasteiger partial charge in [-0.2, -0.15) is 11.8 Å². The number of nitrogens with zero attached hydrogens (tertiary/aromatic N) is 1. The van der Waals surface area contributed by atoms with Gasteiger partial charge in [0, 0.05) is 17.6 Å². The Morgan fingerprint density at radius 2 is 1.70 bits per heavy atom. The molecule has 2 nitrogen and oxygen atoms in total. The normalized spacial score (nSPS) is 13.9. The molecule has 0 spiro atoms. The van der Waals surface area contributed by atoms with E-state index in [0.717, 1.165) is 6.54 Å². The second kappa shape index (κ2) is 8.08. The minimum atomic E-state index is 0.244. The SMILES string of the molecule is CSC(C)CCNC(c1ccccc1)c1ccncc1. The highest BCUT2D eigenvalue weighted by Crippen LogP contribution is 2.21. The summed E-state index contributed by atoms with van der Waals surface area (Å²) in [4.78, 5) is 4.11. The van der Waals surface area contributed by atoms with E-state index < -0.39 is 0 Å². The van der Waals surface area contributed by atoms with Crippen molar-refractivity contribution in [3.63, 3.8) is 0 Å². The van der Waals surface area contributed by atoms with Crippen molar-refractivity contribution >= 4 is 11.8 Å². The fraction of sp³-hybridized carbons (Fsp3) is 0.353. The third-order valence-corrected chi connectivity index (χ3v) is 4.51. The third kappa shape index (κ3) is 4.36. The van der Waals surface area contributed by atoms with Crippen LogP contribution < -0.4 is 5.32 Å². The number of aromatic nitrogens is 1. The maximum Gasteiger partial charge on any atom is 0.0577 e. The molecule has 2 unspecified atom stereocenters. The maximum atomic E-state index is 4.11. The molecule has 2 aromatic rings. The monoisotopic (exact) mass is 286 g/mol. The molecule has 0 aliphatic carbocycles. The van der Waals surface area contributed by atoms with Gasteiger partial charge in [0.25, 0.3) is 0 Å². The van der Waals surface area contributed by atoms with Gasteiger partial charge in [0.2, 0.25) is 0 Å². The molecule has 2 atom stereocenters. The third-order valence-electron chi connectivity index (χ3n) is 3.47. The summed E-state index contributed by atoms with van der Waals surface area (Å²) in [6.07, 6.45) is 7.06. The van der Waals surface area contributed by atoms with Crippen molar-refractivity contribution in [1.29, 1.82) is 0 Å². The number of hydrogen-bond donors (Lipinski definition) is 1. The molecular formula is C17H22N2S. The lowest BCUT2D eigenvalue weighted by Gasteiger charge is -2.20. The Hall–Kier alpha value is -1.32. The van der Waals surface area contributed by atoms with Crippen LogP contribution in [0.1, 0.15) is 30.5 Å². The van der Waals surface area contributed by atoms with E-state index in [1.54, 1.807) is 0 Å². The van der Waals surface area contributed by atoms with E-state index in [0.29, 0.717) is 5.25 Å². The molecule has 0 bridgehead atoms. The second-order valence-corrected chi connectivity index (χ2v) is 6.19. The van der Waals surface area contributed by atoms with Gasteiger partial charge in [0.15, 0.2) is 0 Å². The Bertz CT molecular complexity index is 447. The number of hydrogen-bond acceptors (Lipinski definition) is 3. The zero-order chi connectivity index (χ0) is 14.2. The molecule has 20 heavy (non-hydrogen) atoms. The molecule has 0 aliphatic rings. The van der Waals surface area contributed by atoms with Crippen molar-refractivity contribution in [3.8, 4) is 0 Å². The summed E-state index contributed by atoms with van der Waals surface area (Å²) in [5, 5.41) is 4.37.